The fourth-order valence-corrected chi connectivity index (χ4v) is 4.29. The Hall–Kier alpha value is -1.64. The molecule has 0 aliphatic heterocycles. The summed E-state index contributed by atoms with van der Waals surface area (Å²) in [6, 6.07) is 8.94. The molecule has 2 bridgehead atoms. The number of esters is 1. The molecule has 112 valence electrons. The summed E-state index contributed by atoms with van der Waals surface area (Å²) in [6.07, 6.45) is 2.02. The van der Waals surface area contributed by atoms with Crippen molar-refractivity contribution in [2.24, 2.45) is 22.7 Å². The average molecular weight is 286 g/mol. The van der Waals surface area contributed by atoms with Crippen molar-refractivity contribution in [1.29, 1.82) is 0 Å². The first kappa shape index (κ1) is 14.3. The Morgan fingerprint density at radius 2 is 1.90 bits per heavy atom. The lowest BCUT2D eigenvalue weighted by atomic mass is 9.70. The monoisotopic (exact) mass is 286 g/mol. The summed E-state index contributed by atoms with van der Waals surface area (Å²) in [5.41, 5.74) is 0.300. The number of rotatable bonds is 3. The van der Waals surface area contributed by atoms with Gasteiger partial charge in [0.15, 0.2) is 0 Å². The molecule has 21 heavy (non-hydrogen) atoms. The zero-order valence-electron chi connectivity index (χ0n) is 12.9. The van der Waals surface area contributed by atoms with Gasteiger partial charge in [-0.15, -0.1) is 0 Å². The summed E-state index contributed by atoms with van der Waals surface area (Å²) in [6.45, 7) is 6.66. The van der Waals surface area contributed by atoms with Gasteiger partial charge >= 0.3 is 5.97 Å². The number of ether oxygens (including phenoxy) is 1. The summed E-state index contributed by atoms with van der Waals surface area (Å²) in [5.74, 6) is 0.142. The number of hydrogen-bond acceptors (Lipinski definition) is 3. The third kappa shape index (κ3) is 1.94. The second-order valence-electron chi connectivity index (χ2n) is 7.13. The summed E-state index contributed by atoms with van der Waals surface area (Å²) < 4.78 is 5.41. The maximum absolute atomic E-state index is 12.7. The summed E-state index contributed by atoms with van der Waals surface area (Å²) in [5, 5.41) is 0. The first-order valence-electron chi connectivity index (χ1n) is 7.64. The Labute approximate surface area is 125 Å². The molecule has 3 rings (SSSR count). The van der Waals surface area contributed by atoms with Gasteiger partial charge in [-0.05, 0) is 36.3 Å². The fraction of sp³-hybridized carbons (Fsp3) is 0.556. The molecule has 3 nitrogen and oxygen atoms in total. The van der Waals surface area contributed by atoms with E-state index in [1.54, 1.807) is 12.1 Å². The lowest BCUT2D eigenvalue weighted by molar-refractivity contribution is -0.132. The van der Waals surface area contributed by atoms with Crippen LogP contribution < -0.4 is 0 Å². The predicted octanol–water partition coefficient (Wildman–Crippen LogP) is 3.48. The van der Waals surface area contributed by atoms with Gasteiger partial charge in [0.1, 0.15) is 12.4 Å². The zero-order chi connectivity index (χ0) is 15.3. The van der Waals surface area contributed by atoms with Crippen LogP contribution in [-0.2, 0) is 9.53 Å². The Bertz CT molecular complexity index is 575. The number of carbonyl (C=O) groups excluding carboxylic acids is 2. The average Bonchev–Trinajstić information content (AvgIpc) is 2.78. The van der Waals surface area contributed by atoms with E-state index in [0.717, 1.165) is 12.8 Å². The van der Waals surface area contributed by atoms with Crippen LogP contribution in [0.4, 0.5) is 0 Å². The van der Waals surface area contributed by atoms with Crippen molar-refractivity contribution < 1.29 is 14.3 Å². The maximum Gasteiger partial charge on any atom is 0.338 e. The molecule has 2 fully saturated rings. The molecule has 0 unspecified atom stereocenters. The molecule has 0 saturated heterocycles. The third-order valence-electron chi connectivity index (χ3n) is 6.07. The Morgan fingerprint density at radius 3 is 2.48 bits per heavy atom. The number of Topliss-reactive ketones (excluding diaryl/α,β-unsaturated/α-hetero) is 1. The summed E-state index contributed by atoms with van der Waals surface area (Å²) in [4.78, 5) is 24.7. The highest BCUT2D eigenvalue weighted by molar-refractivity contribution is 5.93. The fourth-order valence-electron chi connectivity index (χ4n) is 4.29. The van der Waals surface area contributed by atoms with Crippen LogP contribution in [0.15, 0.2) is 30.3 Å². The standard InChI is InChI=1S/C18H22O3/c1-17(2)14-9-10-18(17,3)15(19)13(14)11-21-16(20)12-7-5-4-6-8-12/h4-8,13-14H,9-11H2,1-3H3/t13-,14+,18-/m1/s1. The molecule has 1 aromatic carbocycles. The lowest BCUT2D eigenvalue weighted by Crippen LogP contribution is -2.34. The number of fused-ring (bicyclic) bond motifs is 2. The van der Waals surface area contributed by atoms with Gasteiger partial charge in [0.05, 0.1) is 11.5 Å². The molecule has 0 radical (unpaired) electrons. The SMILES string of the molecule is CC1(C)[C@H]2CC[C@]1(C)C(=O)[C@@H]2COC(=O)c1ccccc1. The van der Waals surface area contributed by atoms with E-state index in [1.165, 1.54) is 0 Å². The molecule has 0 spiro atoms. The van der Waals surface area contributed by atoms with Crippen LogP contribution >= 0.6 is 0 Å². The highest BCUT2D eigenvalue weighted by Gasteiger charge is 2.66. The minimum atomic E-state index is -0.339. The zero-order valence-corrected chi connectivity index (χ0v) is 12.9. The lowest BCUT2D eigenvalue weighted by Gasteiger charge is -2.32. The van der Waals surface area contributed by atoms with Gasteiger partial charge in [-0.3, -0.25) is 4.79 Å². The van der Waals surface area contributed by atoms with Gasteiger partial charge in [-0.2, -0.15) is 0 Å². The van der Waals surface area contributed by atoms with Crippen LogP contribution in [0.25, 0.3) is 0 Å². The highest BCUT2D eigenvalue weighted by Crippen LogP contribution is 2.65. The van der Waals surface area contributed by atoms with E-state index in [0.29, 0.717) is 11.5 Å². The van der Waals surface area contributed by atoms with Gasteiger partial charge in [-0.1, -0.05) is 39.0 Å². The molecular weight excluding hydrogens is 264 g/mol. The molecule has 3 heteroatoms. The van der Waals surface area contributed by atoms with E-state index in [9.17, 15) is 9.59 Å². The second kappa shape index (κ2) is 4.69. The van der Waals surface area contributed by atoms with Crippen molar-refractivity contribution in [1.82, 2.24) is 0 Å². The highest BCUT2D eigenvalue weighted by atomic mass is 16.5. The van der Waals surface area contributed by atoms with Crippen molar-refractivity contribution in [2.75, 3.05) is 6.61 Å². The number of ketones is 1. The topological polar surface area (TPSA) is 43.4 Å². The first-order valence-corrected chi connectivity index (χ1v) is 7.64. The van der Waals surface area contributed by atoms with Crippen molar-refractivity contribution in [3.05, 3.63) is 35.9 Å². The normalized spacial score (nSPS) is 33.2. The van der Waals surface area contributed by atoms with E-state index >= 15 is 0 Å². The van der Waals surface area contributed by atoms with Crippen LogP contribution in [-0.4, -0.2) is 18.4 Å². The van der Waals surface area contributed by atoms with Gasteiger partial charge in [0, 0.05) is 5.41 Å². The molecule has 2 aliphatic carbocycles. The van der Waals surface area contributed by atoms with Crippen molar-refractivity contribution in [3.8, 4) is 0 Å². The molecule has 1 aromatic rings. The van der Waals surface area contributed by atoms with Gasteiger partial charge < -0.3 is 4.74 Å². The first-order chi connectivity index (χ1) is 9.88. The predicted molar refractivity (Wildman–Crippen MR) is 79.8 cm³/mol. The van der Waals surface area contributed by atoms with Gasteiger partial charge in [-0.25, -0.2) is 4.79 Å². The number of carbonyl (C=O) groups is 2. The van der Waals surface area contributed by atoms with Crippen LogP contribution in [0.3, 0.4) is 0 Å². The second-order valence-corrected chi connectivity index (χ2v) is 7.13. The van der Waals surface area contributed by atoms with E-state index in [2.05, 4.69) is 20.8 Å². The van der Waals surface area contributed by atoms with Crippen LogP contribution in [0.1, 0.15) is 44.0 Å². The van der Waals surface area contributed by atoms with E-state index in [4.69, 9.17) is 4.74 Å². The minimum absolute atomic E-state index is 0.00784. The van der Waals surface area contributed by atoms with Crippen LogP contribution in [0.5, 0.6) is 0 Å². The Kier molecular flexibility index (Phi) is 3.19. The molecule has 0 amide bonds. The van der Waals surface area contributed by atoms with E-state index < -0.39 is 0 Å². The molecule has 0 N–H and O–H groups in total. The largest absolute Gasteiger partial charge is 0.461 e. The van der Waals surface area contributed by atoms with Crippen molar-refractivity contribution in [2.45, 2.75) is 33.6 Å². The molecule has 0 heterocycles. The van der Waals surface area contributed by atoms with Crippen LogP contribution in [0.2, 0.25) is 0 Å². The molecular formula is C18H22O3. The molecule has 0 aromatic heterocycles. The van der Waals surface area contributed by atoms with Gasteiger partial charge in [0.2, 0.25) is 0 Å². The molecule has 2 aliphatic rings. The Morgan fingerprint density at radius 1 is 1.24 bits per heavy atom. The maximum atomic E-state index is 12.7. The smallest absolute Gasteiger partial charge is 0.338 e. The minimum Gasteiger partial charge on any atom is -0.461 e. The van der Waals surface area contributed by atoms with Crippen molar-refractivity contribution >= 4 is 11.8 Å². The van der Waals surface area contributed by atoms with Crippen molar-refractivity contribution in [3.63, 3.8) is 0 Å². The molecule has 3 atom stereocenters. The Balaban J connectivity index is 1.70. The quantitative estimate of drug-likeness (QED) is 0.799. The van der Waals surface area contributed by atoms with E-state index in [-0.39, 0.29) is 35.1 Å². The number of hydrogen-bond donors (Lipinski definition) is 0. The summed E-state index contributed by atoms with van der Waals surface area (Å²) >= 11 is 0. The summed E-state index contributed by atoms with van der Waals surface area (Å²) in [7, 11) is 0. The van der Waals surface area contributed by atoms with Crippen LogP contribution in [0, 0.1) is 22.7 Å². The third-order valence-corrected chi connectivity index (χ3v) is 6.07. The number of benzene rings is 1. The van der Waals surface area contributed by atoms with Gasteiger partial charge in [0.25, 0.3) is 0 Å². The molecule has 2 saturated carbocycles. The van der Waals surface area contributed by atoms with E-state index in [1.807, 2.05) is 18.2 Å².